The molecular formula is C23H20O4. The van der Waals surface area contributed by atoms with E-state index in [4.69, 9.17) is 9.47 Å². The number of fused-ring (bicyclic) bond motifs is 3. The highest BCUT2D eigenvalue weighted by Gasteiger charge is 2.07. The van der Waals surface area contributed by atoms with Crippen LogP contribution in [-0.2, 0) is 20.7 Å². The summed E-state index contributed by atoms with van der Waals surface area (Å²) in [5, 5.41) is 4.27. The number of carbonyl (C=O) groups excluding carboxylic acids is 2. The molecule has 0 saturated carbocycles. The molecule has 0 spiro atoms. The van der Waals surface area contributed by atoms with Gasteiger partial charge in [-0.2, -0.15) is 0 Å². The fraction of sp³-hybridized carbons (Fsp3) is 0.130. The van der Waals surface area contributed by atoms with Gasteiger partial charge >= 0.3 is 11.9 Å². The quantitative estimate of drug-likeness (QED) is 0.276. The molecule has 0 bridgehead atoms. The summed E-state index contributed by atoms with van der Waals surface area (Å²) in [4.78, 5) is 22.8. The van der Waals surface area contributed by atoms with Crippen molar-refractivity contribution in [3.63, 3.8) is 0 Å². The first-order chi connectivity index (χ1) is 13.0. The Morgan fingerprint density at radius 3 is 2.33 bits per heavy atom. The molecule has 0 heterocycles. The molecule has 0 aromatic heterocycles. The van der Waals surface area contributed by atoms with E-state index in [0.29, 0.717) is 24.4 Å². The van der Waals surface area contributed by atoms with Gasteiger partial charge in [-0.05, 0) is 46.2 Å². The first-order valence-electron chi connectivity index (χ1n) is 8.60. The molecule has 3 aromatic rings. The van der Waals surface area contributed by atoms with Gasteiger partial charge in [0.1, 0.15) is 5.75 Å². The van der Waals surface area contributed by atoms with Gasteiger partial charge in [0, 0.05) is 18.1 Å². The lowest BCUT2D eigenvalue weighted by Gasteiger charge is -2.09. The highest BCUT2D eigenvalue weighted by atomic mass is 16.5. The molecule has 136 valence electrons. The monoisotopic (exact) mass is 360 g/mol. The minimum Gasteiger partial charge on any atom is -0.462 e. The van der Waals surface area contributed by atoms with Crippen molar-refractivity contribution in [1.29, 1.82) is 0 Å². The SMILES string of the molecule is C=CC(=O)Oc1ccc2c(ccc3cc(CCOC(=O)C(=C)C)ccc32)c1. The highest BCUT2D eigenvalue weighted by molar-refractivity contribution is 6.08. The number of rotatable bonds is 6. The largest absolute Gasteiger partial charge is 0.462 e. The lowest BCUT2D eigenvalue weighted by Crippen LogP contribution is -2.07. The Morgan fingerprint density at radius 1 is 1.00 bits per heavy atom. The van der Waals surface area contributed by atoms with Gasteiger partial charge in [0.2, 0.25) is 0 Å². The maximum Gasteiger partial charge on any atom is 0.335 e. The summed E-state index contributed by atoms with van der Waals surface area (Å²) in [5.74, 6) is -0.357. The predicted octanol–water partition coefficient (Wildman–Crippen LogP) is 4.75. The number of carbonyl (C=O) groups is 2. The second-order valence-corrected chi connectivity index (χ2v) is 6.30. The van der Waals surface area contributed by atoms with Crippen molar-refractivity contribution in [3.05, 3.63) is 78.9 Å². The third-order valence-corrected chi connectivity index (χ3v) is 4.23. The van der Waals surface area contributed by atoms with Crippen molar-refractivity contribution in [1.82, 2.24) is 0 Å². The Hall–Kier alpha value is -3.40. The van der Waals surface area contributed by atoms with Gasteiger partial charge in [0.05, 0.1) is 6.61 Å². The molecule has 0 aliphatic carbocycles. The average molecular weight is 360 g/mol. The van der Waals surface area contributed by atoms with Crippen LogP contribution in [-0.4, -0.2) is 18.5 Å². The van der Waals surface area contributed by atoms with Gasteiger partial charge in [0.15, 0.2) is 0 Å². The molecule has 0 N–H and O–H groups in total. The summed E-state index contributed by atoms with van der Waals surface area (Å²) in [7, 11) is 0. The average Bonchev–Trinajstić information content (AvgIpc) is 2.67. The first kappa shape index (κ1) is 18.4. The maximum absolute atomic E-state index is 11.4. The molecule has 0 radical (unpaired) electrons. The number of ether oxygens (including phenoxy) is 2. The third-order valence-electron chi connectivity index (χ3n) is 4.23. The fourth-order valence-corrected chi connectivity index (χ4v) is 2.86. The normalized spacial score (nSPS) is 10.6. The van der Waals surface area contributed by atoms with Gasteiger partial charge in [-0.3, -0.25) is 0 Å². The molecule has 0 aliphatic heterocycles. The molecule has 0 atom stereocenters. The van der Waals surface area contributed by atoms with Crippen molar-refractivity contribution in [2.75, 3.05) is 6.61 Å². The van der Waals surface area contributed by atoms with E-state index < -0.39 is 5.97 Å². The summed E-state index contributed by atoms with van der Waals surface area (Å²) in [6.45, 7) is 8.93. The van der Waals surface area contributed by atoms with E-state index in [2.05, 4.69) is 25.3 Å². The van der Waals surface area contributed by atoms with Gasteiger partial charge in [-0.1, -0.05) is 49.6 Å². The molecule has 4 heteroatoms. The minimum absolute atomic E-state index is 0.322. The lowest BCUT2D eigenvalue weighted by atomic mass is 9.99. The summed E-state index contributed by atoms with van der Waals surface area (Å²) in [6.07, 6.45) is 1.78. The molecule has 0 aliphatic rings. The maximum atomic E-state index is 11.4. The molecule has 0 saturated heterocycles. The number of hydrogen-bond acceptors (Lipinski definition) is 4. The van der Waals surface area contributed by atoms with Crippen LogP contribution >= 0.6 is 0 Å². The number of hydrogen-bond donors (Lipinski definition) is 0. The lowest BCUT2D eigenvalue weighted by molar-refractivity contribution is -0.138. The Bertz CT molecular complexity index is 1060. The van der Waals surface area contributed by atoms with E-state index in [1.807, 2.05) is 30.3 Å². The van der Waals surface area contributed by atoms with E-state index in [-0.39, 0.29) is 5.97 Å². The predicted molar refractivity (Wildman–Crippen MR) is 107 cm³/mol. The van der Waals surface area contributed by atoms with Crippen molar-refractivity contribution in [2.45, 2.75) is 13.3 Å². The molecule has 3 aromatic carbocycles. The van der Waals surface area contributed by atoms with Crippen LogP contribution in [0.25, 0.3) is 21.5 Å². The first-order valence-corrected chi connectivity index (χ1v) is 8.60. The molecular weight excluding hydrogens is 340 g/mol. The van der Waals surface area contributed by atoms with Crippen LogP contribution in [0, 0.1) is 0 Å². The molecule has 3 rings (SSSR count). The summed E-state index contributed by atoms with van der Waals surface area (Å²) in [6, 6.07) is 15.8. The van der Waals surface area contributed by atoms with E-state index >= 15 is 0 Å². The van der Waals surface area contributed by atoms with Crippen LogP contribution in [0.4, 0.5) is 0 Å². The topological polar surface area (TPSA) is 52.6 Å². The minimum atomic E-state index is -0.480. The third kappa shape index (κ3) is 4.23. The van der Waals surface area contributed by atoms with Crippen molar-refractivity contribution < 1.29 is 19.1 Å². The van der Waals surface area contributed by atoms with Gasteiger partial charge < -0.3 is 9.47 Å². The molecule has 4 nitrogen and oxygen atoms in total. The Labute approximate surface area is 157 Å². The standard InChI is InChI=1S/C23H20O4/c1-4-22(24)27-19-8-10-21-18(14-19)7-6-17-13-16(5-9-20(17)21)11-12-26-23(25)15(2)3/h4-10,13-14H,1-2,11-12H2,3H3. The Kier molecular flexibility index (Phi) is 5.36. The Balaban J connectivity index is 1.83. The van der Waals surface area contributed by atoms with Gasteiger partial charge in [-0.15, -0.1) is 0 Å². The summed E-state index contributed by atoms with van der Waals surface area (Å²) in [5.41, 5.74) is 1.49. The van der Waals surface area contributed by atoms with E-state index in [9.17, 15) is 9.59 Å². The van der Waals surface area contributed by atoms with Crippen LogP contribution in [0.5, 0.6) is 5.75 Å². The Morgan fingerprint density at radius 2 is 1.67 bits per heavy atom. The molecule has 0 unspecified atom stereocenters. The van der Waals surface area contributed by atoms with Crippen molar-refractivity contribution >= 4 is 33.5 Å². The second-order valence-electron chi connectivity index (χ2n) is 6.30. The van der Waals surface area contributed by atoms with Crippen molar-refractivity contribution in [3.8, 4) is 5.75 Å². The summed E-state index contributed by atoms with van der Waals surface area (Å²) < 4.78 is 10.3. The zero-order valence-corrected chi connectivity index (χ0v) is 15.2. The van der Waals surface area contributed by atoms with Crippen LogP contribution in [0.2, 0.25) is 0 Å². The fourth-order valence-electron chi connectivity index (χ4n) is 2.86. The molecule has 0 amide bonds. The van der Waals surface area contributed by atoms with E-state index in [1.54, 1.807) is 13.0 Å². The second kappa shape index (κ2) is 7.87. The van der Waals surface area contributed by atoms with E-state index in [0.717, 1.165) is 33.2 Å². The molecule has 27 heavy (non-hydrogen) atoms. The van der Waals surface area contributed by atoms with Crippen LogP contribution in [0.15, 0.2) is 73.3 Å². The molecule has 0 fully saturated rings. The zero-order chi connectivity index (χ0) is 19.4. The van der Waals surface area contributed by atoms with Crippen LogP contribution in [0.3, 0.4) is 0 Å². The van der Waals surface area contributed by atoms with E-state index in [1.165, 1.54) is 0 Å². The highest BCUT2D eigenvalue weighted by Crippen LogP contribution is 2.29. The number of benzene rings is 3. The zero-order valence-electron chi connectivity index (χ0n) is 15.2. The summed E-state index contributed by atoms with van der Waals surface area (Å²) >= 11 is 0. The van der Waals surface area contributed by atoms with Crippen LogP contribution in [0.1, 0.15) is 12.5 Å². The smallest absolute Gasteiger partial charge is 0.335 e. The van der Waals surface area contributed by atoms with Gasteiger partial charge in [-0.25, -0.2) is 9.59 Å². The van der Waals surface area contributed by atoms with Crippen LogP contribution < -0.4 is 4.74 Å². The number of esters is 2. The van der Waals surface area contributed by atoms with Crippen molar-refractivity contribution in [2.24, 2.45) is 0 Å². The van der Waals surface area contributed by atoms with Gasteiger partial charge in [0.25, 0.3) is 0 Å².